The highest BCUT2D eigenvalue weighted by atomic mass is 16.5. The van der Waals surface area contributed by atoms with Gasteiger partial charge in [0.15, 0.2) is 0 Å². The predicted octanol–water partition coefficient (Wildman–Crippen LogP) is 2.71. The van der Waals surface area contributed by atoms with Crippen molar-refractivity contribution in [3.05, 3.63) is 18.3 Å². The zero-order valence-corrected chi connectivity index (χ0v) is 13.8. The Morgan fingerprint density at radius 3 is 2.83 bits per heavy atom. The first-order chi connectivity index (χ1) is 11.3. The van der Waals surface area contributed by atoms with Crippen LogP contribution in [-0.4, -0.2) is 54.8 Å². The summed E-state index contributed by atoms with van der Waals surface area (Å²) in [5, 5.41) is 2.99. The van der Waals surface area contributed by atoms with Gasteiger partial charge in [-0.15, -0.1) is 0 Å². The monoisotopic (exact) mass is 318 g/mol. The second-order valence-corrected chi connectivity index (χ2v) is 6.19. The molecule has 0 saturated carbocycles. The molecular weight excluding hydrogens is 292 g/mol. The number of hydrogen-bond donors (Lipinski definition) is 1. The first-order valence-electron chi connectivity index (χ1n) is 8.64. The van der Waals surface area contributed by atoms with E-state index in [4.69, 9.17) is 4.74 Å². The van der Waals surface area contributed by atoms with Crippen LogP contribution in [0, 0.1) is 0 Å². The highest BCUT2D eigenvalue weighted by Gasteiger charge is 2.25. The topological polar surface area (TPSA) is 57.7 Å². The number of hydrogen-bond acceptors (Lipinski definition) is 4. The standard InChI is InChI=1S/C17H26N4O2/c1-2-15-5-3-4-8-21(15)17(22)19-14-6-7-16(18-13-14)20-9-11-23-12-10-20/h6-7,13,15H,2-5,8-12H2,1H3,(H,19,22). The third kappa shape index (κ3) is 3.93. The highest BCUT2D eigenvalue weighted by molar-refractivity contribution is 5.89. The second kappa shape index (κ2) is 7.64. The van der Waals surface area contributed by atoms with Crippen molar-refractivity contribution in [2.75, 3.05) is 43.1 Å². The van der Waals surface area contributed by atoms with Crippen molar-refractivity contribution in [2.24, 2.45) is 0 Å². The van der Waals surface area contributed by atoms with Gasteiger partial charge < -0.3 is 19.9 Å². The smallest absolute Gasteiger partial charge is 0.322 e. The number of pyridine rings is 1. The molecule has 6 nitrogen and oxygen atoms in total. The molecule has 0 bridgehead atoms. The van der Waals surface area contributed by atoms with Crippen molar-refractivity contribution < 1.29 is 9.53 Å². The van der Waals surface area contributed by atoms with Gasteiger partial charge in [-0.3, -0.25) is 0 Å². The molecule has 23 heavy (non-hydrogen) atoms. The van der Waals surface area contributed by atoms with Gasteiger partial charge in [-0.1, -0.05) is 6.92 Å². The number of nitrogens with one attached hydrogen (secondary N) is 1. The van der Waals surface area contributed by atoms with E-state index in [2.05, 4.69) is 22.1 Å². The fourth-order valence-corrected chi connectivity index (χ4v) is 3.33. The summed E-state index contributed by atoms with van der Waals surface area (Å²) in [5.74, 6) is 0.940. The van der Waals surface area contributed by atoms with Gasteiger partial charge in [0, 0.05) is 25.7 Å². The molecule has 0 aliphatic carbocycles. The van der Waals surface area contributed by atoms with Gasteiger partial charge in [0.25, 0.3) is 0 Å². The zero-order chi connectivity index (χ0) is 16.1. The summed E-state index contributed by atoms with van der Waals surface area (Å²) in [4.78, 5) is 21.1. The van der Waals surface area contributed by atoms with Crippen molar-refractivity contribution in [3.8, 4) is 0 Å². The van der Waals surface area contributed by atoms with Gasteiger partial charge in [-0.05, 0) is 37.8 Å². The number of likely N-dealkylation sites (tertiary alicyclic amines) is 1. The maximum absolute atomic E-state index is 12.5. The molecule has 1 atom stereocenters. The molecule has 0 aromatic carbocycles. The highest BCUT2D eigenvalue weighted by Crippen LogP contribution is 2.21. The van der Waals surface area contributed by atoms with E-state index < -0.39 is 0 Å². The van der Waals surface area contributed by atoms with Gasteiger partial charge in [0.1, 0.15) is 5.82 Å². The Labute approximate surface area is 137 Å². The molecule has 1 N–H and O–H groups in total. The normalized spacial score (nSPS) is 22.0. The Balaban J connectivity index is 1.60. The fraction of sp³-hybridized carbons (Fsp3) is 0.647. The van der Waals surface area contributed by atoms with E-state index >= 15 is 0 Å². The van der Waals surface area contributed by atoms with Crippen LogP contribution in [-0.2, 0) is 4.74 Å². The molecule has 0 spiro atoms. The summed E-state index contributed by atoms with van der Waals surface area (Å²) in [6.07, 6.45) is 6.18. The lowest BCUT2D eigenvalue weighted by atomic mass is 10.0. The first-order valence-corrected chi connectivity index (χ1v) is 8.64. The van der Waals surface area contributed by atoms with Crippen LogP contribution in [0.1, 0.15) is 32.6 Å². The lowest BCUT2D eigenvalue weighted by Crippen LogP contribution is -2.45. The number of rotatable bonds is 3. The molecule has 0 radical (unpaired) electrons. The first kappa shape index (κ1) is 16.1. The van der Waals surface area contributed by atoms with Crippen LogP contribution in [0.2, 0.25) is 0 Å². The average molecular weight is 318 g/mol. The van der Waals surface area contributed by atoms with E-state index in [1.165, 1.54) is 6.42 Å². The van der Waals surface area contributed by atoms with Crippen LogP contribution in [0.4, 0.5) is 16.3 Å². The summed E-state index contributed by atoms with van der Waals surface area (Å²) in [6.45, 7) is 6.22. The zero-order valence-electron chi connectivity index (χ0n) is 13.8. The van der Waals surface area contributed by atoms with Crippen molar-refractivity contribution in [2.45, 2.75) is 38.6 Å². The van der Waals surface area contributed by atoms with Gasteiger partial charge >= 0.3 is 6.03 Å². The molecule has 2 amide bonds. The average Bonchev–Trinajstić information content (AvgIpc) is 2.63. The molecule has 2 aliphatic heterocycles. The minimum Gasteiger partial charge on any atom is -0.378 e. The Morgan fingerprint density at radius 2 is 2.13 bits per heavy atom. The number of amides is 2. The SMILES string of the molecule is CCC1CCCCN1C(=O)Nc1ccc(N2CCOCC2)nc1. The molecule has 1 aromatic rings. The van der Waals surface area contributed by atoms with Crippen LogP contribution < -0.4 is 10.2 Å². The molecule has 1 unspecified atom stereocenters. The number of carbonyl (C=O) groups excluding carboxylic acids is 1. The Kier molecular flexibility index (Phi) is 5.33. The Bertz CT molecular complexity index is 514. The van der Waals surface area contributed by atoms with Crippen LogP contribution in [0.15, 0.2) is 18.3 Å². The van der Waals surface area contributed by atoms with E-state index in [0.29, 0.717) is 6.04 Å². The summed E-state index contributed by atoms with van der Waals surface area (Å²) in [7, 11) is 0. The molecule has 2 aliphatic rings. The van der Waals surface area contributed by atoms with Gasteiger partial charge in [-0.2, -0.15) is 0 Å². The number of nitrogens with zero attached hydrogens (tertiary/aromatic N) is 3. The number of anilines is 2. The second-order valence-electron chi connectivity index (χ2n) is 6.19. The molecule has 2 saturated heterocycles. The summed E-state index contributed by atoms with van der Waals surface area (Å²) < 4.78 is 5.35. The molecule has 6 heteroatoms. The van der Waals surface area contributed by atoms with E-state index in [9.17, 15) is 4.79 Å². The largest absolute Gasteiger partial charge is 0.378 e. The fourth-order valence-electron chi connectivity index (χ4n) is 3.33. The molecular formula is C17H26N4O2. The third-order valence-corrected chi connectivity index (χ3v) is 4.69. The number of ether oxygens (including phenoxy) is 1. The summed E-state index contributed by atoms with van der Waals surface area (Å²) >= 11 is 0. The Morgan fingerprint density at radius 1 is 1.30 bits per heavy atom. The summed E-state index contributed by atoms with van der Waals surface area (Å²) in [6, 6.07) is 4.26. The molecule has 2 fully saturated rings. The third-order valence-electron chi connectivity index (χ3n) is 4.69. The molecule has 126 valence electrons. The molecule has 3 heterocycles. The Hall–Kier alpha value is -1.82. The molecule has 1 aromatic heterocycles. The number of morpholine rings is 1. The van der Waals surface area contributed by atoms with Crippen LogP contribution >= 0.6 is 0 Å². The number of urea groups is 1. The minimum absolute atomic E-state index is 0.00234. The van der Waals surface area contributed by atoms with Crippen molar-refractivity contribution in [3.63, 3.8) is 0 Å². The maximum atomic E-state index is 12.5. The lowest BCUT2D eigenvalue weighted by Gasteiger charge is -2.35. The minimum atomic E-state index is -0.00234. The van der Waals surface area contributed by atoms with E-state index in [1.54, 1.807) is 6.20 Å². The quantitative estimate of drug-likeness (QED) is 0.931. The van der Waals surface area contributed by atoms with Crippen LogP contribution in [0.25, 0.3) is 0 Å². The van der Waals surface area contributed by atoms with Crippen molar-refractivity contribution in [1.82, 2.24) is 9.88 Å². The van der Waals surface area contributed by atoms with Crippen LogP contribution in [0.5, 0.6) is 0 Å². The van der Waals surface area contributed by atoms with Gasteiger partial charge in [-0.25, -0.2) is 9.78 Å². The lowest BCUT2D eigenvalue weighted by molar-refractivity contribution is 0.122. The van der Waals surface area contributed by atoms with E-state index in [-0.39, 0.29) is 6.03 Å². The van der Waals surface area contributed by atoms with E-state index in [0.717, 1.165) is 63.6 Å². The van der Waals surface area contributed by atoms with Crippen LogP contribution in [0.3, 0.4) is 0 Å². The molecule has 3 rings (SSSR count). The number of carbonyl (C=O) groups is 1. The predicted molar refractivity (Wildman–Crippen MR) is 90.9 cm³/mol. The van der Waals surface area contributed by atoms with Gasteiger partial charge in [0.05, 0.1) is 25.1 Å². The summed E-state index contributed by atoms with van der Waals surface area (Å²) in [5.41, 5.74) is 0.757. The number of piperidine rings is 1. The maximum Gasteiger partial charge on any atom is 0.322 e. The van der Waals surface area contributed by atoms with Crippen molar-refractivity contribution in [1.29, 1.82) is 0 Å². The van der Waals surface area contributed by atoms with Gasteiger partial charge in [0.2, 0.25) is 0 Å². The number of aromatic nitrogens is 1. The van der Waals surface area contributed by atoms with Crippen molar-refractivity contribution >= 4 is 17.5 Å². The van der Waals surface area contributed by atoms with E-state index in [1.807, 2.05) is 17.0 Å².